The van der Waals surface area contributed by atoms with Gasteiger partial charge < -0.3 is 5.73 Å². The van der Waals surface area contributed by atoms with Crippen LogP contribution in [0, 0.1) is 19.7 Å². The average Bonchev–Trinajstić information content (AvgIpc) is 2.55. The van der Waals surface area contributed by atoms with Crippen molar-refractivity contribution in [1.82, 2.24) is 9.78 Å². The molecule has 0 amide bonds. The van der Waals surface area contributed by atoms with Crippen molar-refractivity contribution in [3.8, 4) is 0 Å². The number of nitrogens with one attached hydrogen (secondary N) is 1. The van der Waals surface area contributed by atoms with Crippen molar-refractivity contribution in [2.24, 2.45) is 7.05 Å². The van der Waals surface area contributed by atoms with Crippen LogP contribution < -0.4 is 10.5 Å². The molecule has 0 saturated carbocycles. The quantitative estimate of drug-likeness (QED) is 0.841. The number of nitrogens with two attached hydrogens (primary N) is 1. The van der Waals surface area contributed by atoms with Crippen LogP contribution in [0.15, 0.2) is 23.1 Å². The van der Waals surface area contributed by atoms with E-state index in [-0.39, 0.29) is 5.69 Å². The second-order valence-electron chi connectivity index (χ2n) is 4.46. The van der Waals surface area contributed by atoms with Gasteiger partial charge in [0.25, 0.3) is 10.0 Å². The predicted molar refractivity (Wildman–Crippen MR) is 74.3 cm³/mol. The van der Waals surface area contributed by atoms with Crippen molar-refractivity contribution < 1.29 is 12.8 Å². The van der Waals surface area contributed by atoms with Gasteiger partial charge in [-0.1, -0.05) is 0 Å². The number of sulfonamides is 1. The van der Waals surface area contributed by atoms with Gasteiger partial charge in [0, 0.05) is 12.7 Å². The van der Waals surface area contributed by atoms with Crippen molar-refractivity contribution >= 4 is 21.4 Å². The highest BCUT2D eigenvalue weighted by molar-refractivity contribution is 7.92. The lowest BCUT2D eigenvalue weighted by atomic mass is 10.3. The molecule has 1 heterocycles. The van der Waals surface area contributed by atoms with Crippen LogP contribution in [0.1, 0.15) is 11.4 Å². The van der Waals surface area contributed by atoms with Gasteiger partial charge in [-0.3, -0.25) is 9.40 Å². The summed E-state index contributed by atoms with van der Waals surface area (Å²) in [7, 11) is -2.33. The zero-order valence-corrected chi connectivity index (χ0v) is 12.1. The van der Waals surface area contributed by atoms with E-state index in [0.29, 0.717) is 17.1 Å². The number of nitrogen functional groups attached to an aromatic ring is 1. The van der Waals surface area contributed by atoms with Crippen LogP contribution in [-0.2, 0) is 17.1 Å². The molecule has 6 nitrogen and oxygen atoms in total. The van der Waals surface area contributed by atoms with Crippen molar-refractivity contribution in [1.29, 1.82) is 0 Å². The summed E-state index contributed by atoms with van der Waals surface area (Å²) in [6.07, 6.45) is 0. The third-order valence-electron chi connectivity index (χ3n) is 2.99. The molecule has 0 spiro atoms. The van der Waals surface area contributed by atoms with Gasteiger partial charge in [0.1, 0.15) is 10.7 Å². The first-order valence-corrected chi connectivity index (χ1v) is 7.28. The Balaban J connectivity index is 2.46. The second-order valence-corrected chi connectivity index (χ2v) is 6.12. The number of hydrogen-bond acceptors (Lipinski definition) is 4. The summed E-state index contributed by atoms with van der Waals surface area (Å²) in [4.78, 5) is -0.450. The van der Waals surface area contributed by atoms with Gasteiger partial charge in [0.15, 0.2) is 0 Å². The fourth-order valence-corrected chi connectivity index (χ4v) is 3.08. The van der Waals surface area contributed by atoms with Crippen LogP contribution in [0.2, 0.25) is 0 Å². The van der Waals surface area contributed by atoms with E-state index in [9.17, 15) is 12.8 Å². The maximum Gasteiger partial charge on any atom is 0.264 e. The minimum Gasteiger partial charge on any atom is -0.399 e. The molecule has 108 valence electrons. The number of hydrogen-bond donors (Lipinski definition) is 2. The molecule has 0 aliphatic carbocycles. The molecule has 0 radical (unpaired) electrons. The second kappa shape index (κ2) is 4.78. The number of aryl methyl sites for hydroxylation is 2. The Morgan fingerprint density at radius 2 is 2.00 bits per heavy atom. The number of nitrogens with zero attached hydrogens (tertiary/aromatic N) is 2. The summed E-state index contributed by atoms with van der Waals surface area (Å²) < 4.78 is 42.1. The van der Waals surface area contributed by atoms with Crippen molar-refractivity contribution in [2.75, 3.05) is 10.5 Å². The maximum atomic E-state index is 13.7. The van der Waals surface area contributed by atoms with Crippen molar-refractivity contribution in [3.63, 3.8) is 0 Å². The zero-order chi connectivity index (χ0) is 15.1. The molecular formula is C12H15FN4O2S. The van der Waals surface area contributed by atoms with E-state index in [1.54, 1.807) is 25.6 Å². The maximum absolute atomic E-state index is 13.7. The summed E-state index contributed by atoms with van der Waals surface area (Å²) in [6.45, 7) is 3.39. The smallest absolute Gasteiger partial charge is 0.264 e. The van der Waals surface area contributed by atoms with E-state index in [1.165, 1.54) is 6.07 Å². The molecule has 0 aliphatic rings. The van der Waals surface area contributed by atoms with Crippen LogP contribution >= 0.6 is 0 Å². The SMILES string of the molecule is Cc1nn(C)c(C)c1NS(=O)(=O)c1ccc(N)cc1F. The van der Waals surface area contributed by atoms with Gasteiger partial charge in [-0.25, -0.2) is 12.8 Å². The Morgan fingerprint density at radius 1 is 1.35 bits per heavy atom. The average molecular weight is 298 g/mol. The predicted octanol–water partition coefficient (Wildman–Crippen LogP) is 1.56. The zero-order valence-electron chi connectivity index (χ0n) is 11.3. The van der Waals surface area contributed by atoms with Gasteiger partial charge in [-0.05, 0) is 32.0 Å². The molecule has 1 aromatic carbocycles. The minimum atomic E-state index is -4.03. The lowest BCUT2D eigenvalue weighted by Crippen LogP contribution is -2.15. The molecular weight excluding hydrogens is 283 g/mol. The summed E-state index contributed by atoms with van der Waals surface area (Å²) >= 11 is 0. The Kier molecular flexibility index (Phi) is 3.43. The van der Waals surface area contributed by atoms with Gasteiger partial charge in [0.2, 0.25) is 0 Å². The summed E-state index contributed by atoms with van der Waals surface area (Å²) in [6, 6.07) is 3.44. The van der Waals surface area contributed by atoms with E-state index in [0.717, 1.165) is 12.1 Å². The summed E-state index contributed by atoms with van der Waals surface area (Å²) in [5, 5.41) is 4.10. The van der Waals surface area contributed by atoms with Crippen LogP contribution in [-0.4, -0.2) is 18.2 Å². The number of benzene rings is 1. The highest BCUT2D eigenvalue weighted by Gasteiger charge is 2.22. The third-order valence-corrected chi connectivity index (χ3v) is 4.37. The van der Waals surface area contributed by atoms with Gasteiger partial charge in [0.05, 0.1) is 17.1 Å². The lowest BCUT2D eigenvalue weighted by Gasteiger charge is -2.09. The van der Waals surface area contributed by atoms with Crippen LogP contribution in [0.25, 0.3) is 0 Å². The summed E-state index contributed by atoms with van der Waals surface area (Å²) in [5.74, 6) is -0.892. The molecule has 1 aromatic heterocycles. The fraction of sp³-hybridized carbons (Fsp3) is 0.250. The molecule has 2 aromatic rings. The molecule has 20 heavy (non-hydrogen) atoms. The van der Waals surface area contributed by atoms with Crippen LogP contribution in [0.3, 0.4) is 0 Å². The van der Waals surface area contributed by atoms with E-state index >= 15 is 0 Å². The molecule has 0 aliphatic heterocycles. The number of aromatic nitrogens is 2. The Labute approximate surface area is 116 Å². The molecule has 0 saturated heterocycles. The lowest BCUT2D eigenvalue weighted by molar-refractivity contribution is 0.570. The molecule has 3 N–H and O–H groups in total. The standard InChI is InChI=1S/C12H15FN4O2S/c1-7-12(8(2)17(3)15-7)16-20(18,19)11-5-4-9(14)6-10(11)13/h4-6,16H,14H2,1-3H3. The molecule has 2 rings (SSSR count). The monoisotopic (exact) mass is 298 g/mol. The van der Waals surface area contributed by atoms with E-state index in [4.69, 9.17) is 5.73 Å². The van der Waals surface area contributed by atoms with Gasteiger partial charge >= 0.3 is 0 Å². The Hall–Kier alpha value is -2.09. The van der Waals surface area contributed by atoms with E-state index < -0.39 is 20.7 Å². The fourth-order valence-electron chi connectivity index (χ4n) is 1.85. The normalized spacial score (nSPS) is 11.6. The highest BCUT2D eigenvalue weighted by Crippen LogP contribution is 2.24. The molecule has 0 atom stereocenters. The first-order chi connectivity index (χ1) is 9.22. The van der Waals surface area contributed by atoms with E-state index in [1.807, 2.05) is 0 Å². The minimum absolute atomic E-state index is 0.162. The Bertz CT molecular complexity index is 768. The van der Waals surface area contributed by atoms with Crippen molar-refractivity contribution in [2.45, 2.75) is 18.7 Å². The Morgan fingerprint density at radius 3 is 2.50 bits per heavy atom. The first kappa shape index (κ1) is 14.3. The number of rotatable bonds is 3. The largest absolute Gasteiger partial charge is 0.399 e. The summed E-state index contributed by atoms with van der Waals surface area (Å²) in [5.41, 5.74) is 7.08. The number of anilines is 2. The number of halogens is 1. The van der Waals surface area contributed by atoms with Crippen LogP contribution in [0.5, 0.6) is 0 Å². The van der Waals surface area contributed by atoms with Gasteiger partial charge in [-0.2, -0.15) is 5.10 Å². The molecule has 8 heteroatoms. The highest BCUT2D eigenvalue weighted by atomic mass is 32.2. The van der Waals surface area contributed by atoms with Crippen molar-refractivity contribution in [3.05, 3.63) is 35.4 Å². The van der Waals surface area contributed by atoms with Gasteiger partial charge in [-0.15, -0.1) is 0 Å². The van der Waals surface area contributed by atoms with Crippen LogP contribution in [0.4, 0.5) is 15.8 Å². The molecule has 0 unspecified atom stereocenters. The van der Waals surface area contributed by atoms with E-state index in [2.05, 4.69) is 9.82 Å². The first-order valence-electron chi connectivity index (χ1n) is 5.80. The molecule has 0 bridgehead atoms. The molecule has 0 fully saturated rings. The third kappa shape index (κ3) is 2.46. The topological polar surface area (TPSA) is 90.0 Å².